The van der Waals surface area contributed by atoms with Crippen LogP contribution in [0.2, 0.25) is 0 Å². The number of carbonyl (C=O) groups is 2. The molecule has 0 aromatic carbocycles. The Hall–Kier alpha value is -1.51. The average Bonchev–Trinajstić information content (AvgIpc) is 2.87. The third-order valence-electron chi connectivity index (χ3n) is 3.51. The molecule has 1 saturated heterocycles. The number of anilines is 1. The highest BCUT2D eigenvalue weighted by atomic mass is 32.1. The number of nitrogens with two attached hydrogens (primary N) is 1. The van der Waals surface area contributed by atoms with Crippen molar-refractivity contribution in [1.82, 2.24) is 15.2 Å². The summed E-state index contributed by atoms with van der Waals surface area (Å²) in [5.74, 6) is -0.341. The third kappa shape index (κ3) is 3.78. The van der Waals surface area contributed by atoms with Gasteiger partial charge >= 0.3 is 0 Å². The van der Waals surface area contributed by atoms with Gasteiger partial charge in [-0.1, -0.05) is 0 Å². The maximum Gasteiger partial charge on any atom is 0.236 e. The number of carbonyl (C=O) groups excluding carboxylic acids is 2. The van der Waals surface area contributed by atoms with Crippen LogP contribution in [0.5, 0.6) is 0 Å². The van der Waals surface area contributed by atoms with Crippen LogP contribution in [0, 0.1) is 0 Å². The fourth-order valence-electron chi connectivity index (χ4n) is 2.41. The van der Waals surface area contributed by atoms with E-state index in [0.29, 0.717) is 24.8 Å². The number of nitrogens with zero attached hydrogens (tertiary/aromatic N) is 3. The van der Waals surface area contributed by atoms with Gasteiger partial charge in [-0.05, 0) is 6.92 Å². The number of piperazine rings is 1. The number of aromatic nitrogens is 1. The van der Waals surface area contributed by atoms with Crippen LogP contribution in [0.3, 0.4) is 0 Å². The van der Waals surface area contributed by atoms with E-state index in [0.717, 1.165) is 18.8 Å². The zero-order chi connectivity index (χ0) is 15.4. The molecule has 1 fully saturated rings. The number of amides is 2. The van der Waals surface area contributed by atoms with E-state index in [-0.39, 0.29) is 17.9 Å². The molecular formula is C13H21N5O2S. The van der Waals surface area contributed by atoms with Gasteiger partial charge in [0.2, 0.25) is 11.8 Å². The van der Waals surface area contributed by atoms with Crippen LogP contribution in [-0.2, 0) is 16.1 Å². The lowest BCUT2D eigenvalue weighted by atomic mass is 10.2. The highest BCUT2D eigenvalue weighted by molar-refractivity contribution is 7.14. The molecule has 3 N–H and O–H groups in total. The summed E-state index contributed by atoms with van der Waals surface area (Å²) in [4.78, 5) is 31.2. The Labute approximate surface area is 128 Å². The molecule has 2 heterocycles. The van der Waals surface area contributed by atoms with Gasteiger partial charge in [-0.15, -0.1) is 11.3 Å². The van der Waals surface area contributed by atoms with Crippen molar-refractivity contribution in [3.63, 3.8) is 0 Å². The van der Waals surface area contributed by atoms with Gasteiger partial charge in [0.05, 0.1) is 5.69 Å². The van der Waals surface area contributed by atoms with Gasteiger partial charge in [-0.3, -0.25) is 19.4 Å². The molecule has 7 nitrogen and oxygen atoms in total. The topological polar surface area (TPSA) is 91.6 Å². The van der Waals surface area contributed by atoms with Crippen LogP contribution in [0.15, 0.2) is 5.38 Å². The van der Waals surface area contributed by atoms with Gasteiger partial charge in [0.15, 0.2) is 5.13 Å². The minimum absolute atomic E-state index is 0.0180. The van der Waals surface area contributed by atoms with E-state index in [1.165, 1.54) is 18.3 Å². The molecule has 2 amide bonds. The molecule has 116 valence electrons. The number of thiazole rings is 1. The summed E-state index contributed by atoms with van der Waals surface area (Å²) in [6.45, 7) is 6.77. The Kier molecular flexibility index (Phi) is 5.27. The molecule has 8 heteroatoms. The maximum atomic E-state index is 11.5. The second-order valence-corrected chi connectivity index (χ2v) is 5.81. The highest BCUT2D eigenvalue weighted by Gasteiger charge is 2.27. The molecular weight excluding hydrogens is 290 g/mol. The molecule has 1 aromatic rings. The summed E-state index contributed by atoms with van der Waals surface area (Å²) in [7, 11) is 0. The molecule has 1 unspecified atom stereocenters. The summed E-state index contributed by atoms with van der Waals surface area (Å²) in [5, 5.41) is 5.80. The molecule has 2 rings (SSSR count). The number of rotatable bonds is 5. The van der Waals surface area contributed by atoms with Crippen molar-refractivity contribution in [1.29, 1.82) is 0 Å². The zero-order valence-corrected chi connectivity index (χ0v) is 13.2. The van der Waals surface area contributed by atoms with Crippen LogP contribution in [0.25, 0.3) is 0 Å². The fraction of sp³-hybridized carbons (Fsp3) is 0.615. The Balaban J connectivity index is 2.07. The van der Waals surface area contributed by atoms with Gasteiger partial charge < -0.3 is 11.1 Å². The summed E-state index contributed by atoms with van der Waals surface area (Å²) in [5.41, 5.74) is 6.30. The Morgan fingerprint density at radius 1 is 1.62 bits per heavy atom. The largest absolute Gasteiger partial charge is 0.368 e. The smallest absolute Gasteiger partial charge is 0.236 e. The molecule has 1 aliphatic heterocycles. The number of hydrogen-bond acceptors (Lipinski definition) is 6. The predicted octanol–water partition coefficient (Wildman–Crippen LogP) is -0.225. The Morgan fingerprint density at radius 3 is 3.00 bits per heavy atom. The summed E-state index contributed by atoms with van der Waals surface area (Å²) < 4.78 is 0. The van der Waals surface area contributed by atoms with Crippen LogP contribution >= 0.6 is 11.3 Å². The normalized spacial score (nSPS) is 19.4. The van der Waals surface area contributed by atoms with Crippen LogP contribution in [-0.4, -0.2) is 53.9 Å². The van der Waals surface area contributed by atoms with Gasteiger partial charge in [0, 0.05) is 45.0 Å². The van der Waals surface area contributed by atoms with Crippen molar-refractivity contribution < 1.29 is 9.59 Å². The lowest BCUT2D eigenvalue weighted by Crippen LogP contribution is -2.56. The van der Waals surface area contributed by atoms with Crippen LogP contribution < -0.4 is 16.0 Å². The average molecular weight is 311 g/mol. The second-order valence-electron chi connectivity index (χ2n) is 4.98. The first-order chi connectivity index (χ1) is 10.0. The summed E-state index contributed by atoms with van der Waals surface area (Å²) in [6, 6.07) is -0.306. The summed E-state index contributed by atoms with van der Waals surface area (Å²) >= 11 is 1.44. The molecule has 1 aliphatic rings. The lowest BCUT2D eigenvalue weighted by Gasteiger charge is -2.33. The molecule has 1 atom stereocenters. The standard InChI is InChI=1S/C13H21N5O2S/c1-3-18(9(2)19)13-16-10(8-21-13)7-17-5-4-15-6-11(17)12(14)20/h8,11,15H,3-7H2,1-2H3,(H2,14,20). The van der Waals surface area contributed by atoms with Crippen LogP contribution in [0.4, 0.5) is 5.13 Å². The molecule has 0 aliphatic carbocycles. The number of nitrogens with one attached hydrogen (secondary N) is 1. The first-order valence-electron chi connectivity index (χ1n) is 6.99. The fourth-order valence-corrected chi connectivity index (χ4v) is 3.33. The monoisotopic (exact) mass is 311 g/mol. The lowest BCUT2D eigenvalue weighted by molar-refractivity contribution is -0.124. The van der Waals surface area contributed by atoms with E-state index in [9.17, 15) is 9.59 Å². The molecule has 0 radical (unpaired) electrons. The minimum Gasteiger partial charge on any atom is -0.368 e. The highest BCUT2D eigenvalue weighted by Crippen LogP contribution is 2.22. The van der Waals surface area contributed by atoms with E-state index in [1.807, 2.05) is 17.2 Å². The first-order valence-corrected chi connectivity index (χ1v) is 7.87. The number of hydrogen-bond donors (Lipinski definition) is 2. The molecule has 21 heavy (non-hydrogen) atoms. The Morgan fingerprint density at radius 2 is 2.38 bits per heavy atom. The van der Waals surface area contributed by atoms with Gasteiger partial charge in [0.1, 0.15) is 6.04 Å². The maximum absolute atomic E-state index is 11.5. The van der Waals surface area contributed by atoms with E-state index >= 15 is 0 Å². The van der Waals surface area contributed by atoms with Gasteiger partial charge in [-0.25, -0.2) is 4.98 Å². The molecule has 0 spiro atoms. The van der Waals surface area contributed by atoms with Crippen molar-refractivity contribution in [2.45, 2.75) is 26.4 Å². The molecule has 0 bridgehead atoms. The quantitative estimate of drug-likeness (QED) is 0.784. The van der Waals surface area contributed by atoms with E-state index in [1.54, 1.807) is 4.90 Å². The molecule has 0 saturated carbocycles. The van der Waals surface area contributed by atoms with E-state index < -0.39 is 0 Å². The predicted molar refractivity (Wildman–Crippen MR) is 82.1 cm³/mol. The van der Waals surface area contributed by atoms with E-state index in [4.69, 9.17) is 5.73 Å². The second kappa shape index (κ2) is 6.97. The van der Waals surface area contributed by atoms with Crippen molar-refractivity contribution in [3.05, 3.63) is 11.1 Å². The summed E-state index contributed by atoms with van der Waals surface area (Å²) in [6.07, 6.45) is 0. The van der Waals surface area contributed by atoms with Crippen molar-refractivity contribution in [3.8, 4) is 0 Å². The Bertz CT molecular complexity index is 518. The minimum atomic E-state index is -0.323. The molecule has 1 aromatic heterocycles. The van der Waals surface area contributed by atoms with Gasteiger partial charge in [0.25, 0.3) is 0 Å². The first kappa shape index (κ1) is 15.9. The van der Waals surface area contributed by atoms with Crippen molar-refractivity contribution >= 4 is 28.3 Å². The van der Waals surface area contributed by atoms with E-state index in [2.05, 4.69) is 10.3 Å². The zero-order valence-electron chi connectivity index (χ0n) is 12.3. The van der Waals surface area contributed by atoms with Crippen molar-refractivity contribution in [2.24, 2.45) is 5.73 Å². The number of primary amides is 1. The SMILES string of the molecule is CCN(C(C)=O)c1nc(CN2CCNCC2C(N)=O)cs1. The van der Waals surface area contributed by atoms with Crippen LogP contribution in [0.1, 0.15) is 19.5 Å². The third-order valence-corrected chi connectivity index (χ3v) is 4.43. The van der Waals surface area contributed by atoms with Gasteiger partial charge in [-0.2, -0.15) is 0 Å². The van der Waals surface area contributed by atoms with Crippen molar-refractivity contribution in [2.75, 3.05) is 31.1 Å².